The van der Waals surface area contributed by atoms with Gasteiger partial charge in [-0.15, -0.1) is 0 Å². The molecule has 2 aliphatic heterocycles. The van der Waals surface area contributed by atoms with Crippen molar-refractivity contribution in [2.24, 2.45) is 0 Å². The molecule has 5 heteroatoms. The molecule has 2 unspecified atom stereocenters. The van der Waals surface area contributed by atoms with E-state index >= 15 is 0 Å². The average molecular weight is 414 g/mol. The summed E-state index contributed by atoms with van der Waals surface area (Å²) in [5.74, 6) is 1.20. The number of fused-ring (bicyclic) bond motifs is 1. The van der Waals surface area contributed by atoms with E-state index in [4.69, 9.17) is 9.47 Å². The van der Waals surface area contributed by atoms with E-state index in [2.05, 4.69) is 21.2 Å². The SMILES string of the molecule is O=CC1C(c2ccccc2)=C(CC2CNCCO2)Oc2ccc(Br)cc21. The molecule has 1 N–H and O–H groups in total. The van der Waals surface area contributed by atoms with E-state index < -0.39 is 0 Å². The predicted octanol–water partition coefficient (Wildman–Crippen LogP) is 3.91. The fourth-order valence-corrected chi connectivity index (χ4v) is 3.96. The highest BCUT2D eigenvalue weighted by molar-refractivity contribution is 9.10. The number of hydrogen-bond acceptors (Lipinski definition) is 4. The quantitative estimate of drug-likeness (QED) is 0.771. The second-order valence-corrected chi connectivity index (χ2v) is 7.42. The van der Waals surface area contributed by atoms with Crippen molar-refractivity contribution in [2.75, 3.05) is 19.7 Å². The molecule has 0 bridgehead atoms. The summed E-state index contributed by atoms with van der Waals surface area (Å²) in [5.41, 5.74) is 2.83. The summed E-state index contributed by atoms with van der Waals surface area (Å²) in [4.78, 5) is 12.1. The van der Waals surface area contributed by atoms with Crippen LogP contribution in [-0.4, -0.2) is 32.1 Å². The lowest BCUT2D eigenvalue weighted by Gasteiger charge is -2.31. The molecule has 0 radical (unpaired) electrons. The smallest absolute Gasteiger partial charge is 0.132 e. The van der Waals surface area contributed by atoms with Gasteiger partial charge in [0.1, 0.15) is 17.8 Å². The maximum atomic E-state index is 12.1. The molecule has 2 atom stereocenters. The summed E-state index contributed by atoms with van der Waals surface area (Å²) in [6.45, 7) is 2.35. The Morgan fingerprint density at radius 1 is 1.19 bits per heavy atom. The second kappa shape index (κ2) is 7.74. The Morgan fingerprint density at radius 3 is 2.77 bits per heavy atom. The van der Waals surface area contributed by atoms with Crippen molar-refractivity contribution in [3.63, 3.8) is 0 Å². The molecule has 0 saturated carbocycles. The Kier molecular flexibility index (Phi) is 5.20. The molecular formula is C21H20BrNO3. The number of carbonyl (C=O) groups is 1. The van der Waals surface area contributed by atoms with Gasteiger partial charge in [0.05, 0.1) is 18.6 Å². The van der Waals surface area contributed by atoms with Crippen molar-refractivity contribution >= 4 is 27.8 Å². The van der Waals surface area contributed by atoms with E-state index in [9.17, 15) is 4.79 Å². The number of halogens is 1. The van der Waals surface area contributed by atoms with Crippen LogP contribution in [-0.2, 0) is 9.53 Å². The van der Waals surface area contributed by atoms with Gasteiger partial charge in [-0.2, -0.15) is 0 Å². The molecule has 0 aromatic heterocycles. The molecule has 134 valence electrons. The molecule has 1 fully saturated rings. The van der Waals surface area contributed by atoms with Crippen molar-refractivity contribution in [1.82, 2.24) is 5.32 Å². The number of nitrogens with one attached hydrogen (secondary N) is 1. The van der Waals surface area contributed by atoms with Crippen molar-refractivity contribution in [2.45, 2.75) is 18.4 Å². The van der Waals surface area contributed by atoms with Crippen molar-refractivity contribution < 1.29 is 14.3 Å². The minimum Gasteiger partial charge on any atom is -0.461 e. The zero-order valence-corrected chi connectivity index (χ0v) is 15.9. The van der Waals surface area contributed by atoms with Crippen molar-refractivity contribution in [1.29, 1.82) is 0 Å². The van der Waals surface area contributed by atoms with Crippen molar-refractivity contribution in [3.05, 3.63) is 69.9 Å². The first-order chi connectivity index (χ1) is 12.8. The number of carbonyl (C=O) groups excluding carboxylic acids is 1. The van der Waals surface area contributed by atoms with E-state index in [0.29, 0.717) is 13.0 Å². The molecule has 4 nitrogen and oxygen atoms in total. The summed E-state index contributed by atoms with van der Waals surface area (Å²) in [6, 6.07) is 15.8. The Hall–Kier alpha value is -1.95. The number of allylic oxidation sites excluding steroid dienone is 1. The largest absolute Gasteiger partial charge is 0.461 e. The van der Waals surface area contributed by atoms with Crippen LogP contribution >= 0.6 is 15.9 Å². The van der Waals surface area contributed by atoms with Gasteiger partial charge in [-0.25, -0.2) is 0 Å². The molecule has 1 saturated heterocycles. The minimum atomic E-state index is -0.356. The Morgan fingerprint density at radius 2 is 2.04 bits per heavy atom. The number of aldehydes is 1. The summed E-state index contributed by atoms with van der Waals surface area (Å²) in [7, 11) is 0. The number of morpholine rings is 1. The van der Waals surface area contributed by atoms with Gasteiger partial charge < -0.3 is 19.6 Å². The molecule has 4 rings (SSSR count). The van der Waals surface area contributed by atoms with Gasteiger partial charge in [-0.3, -0.25) is 0 Å². The van der Waals surface area contributed by atoms with E-state index in [1.54, 1.807) is 0 Å². The summed E-state index contributed by atoms with van der Waals surface area (Å²) in [5, 5.41) is 3.35. The monoisotopic (exact) mass is 413 g/mol. The maximum Gasteiger partial charge on any atom is 0.132 e. The lowest BCUT2D eigenvalue weighted by Crippen LogP contribution is -2.39. The number of ether oxygens (including phenoxy) is 2. The van der Waals surface area contributed by atoms with Crippen LogP contribution in [0.1, 0.15) is 23.5 Å². The van der Waals surface area contributed by atoms with Crippen LogP contribution in [0, 0.1) is 0 Å². The number of benzene rings is 2. The fraction of sp³-hybridized carbons (Fsp3) is 0.286. The average Bonchev–Trinajstić information content (AvgIpc) is 2.68. The molecule has 0 spiro atoms. The highest BCUT2D eigenvalue weighted by atomic mass is 79.9. The fourth-order valence-electron chi connectivity index (χ4n) is 3.58. The number of hydrogen-bond donors (Lipinski definition) is 1. The van der Waals surface area contributed by atoms with E-state index in [1.807, 2.05) is 48.5 Å². The van der Waals surface area contributed by atoms with Gasteiger partial charge >= 0.3 is 0 Å². The van der Waals surface area contributed by atoms with Gasteiger partial charge in [-0.1, -0.05) is 46.3 Å². The molecule has 0 aliphatic carbocycles. The van der Waals surface area contributed by atoms with Crippen LogP contribution in [0.15, 0.2) is 58.8 Å². The zero-order valence-electron chi connectivity index (χ0n) is 14.3. The molecule has 0 amide bonds. The molecule has 2 aromatic rings. The van der Waals surface area contributed by atoms with Gasteiger partial charge in [0, 0.05) is 35.1 Å². The normalized spacial score (nSPS) is 22.5. The third-order valence-corrected chi connectivity index (χ3v) is 5.28. The van der Waals surface area contributed by atoms with Gasteiger partial charge in [0.15, 0.2) is 0 Å². The second-order valence-electron chi connectivity index (χ2n) is 6.50. The lowest BCUT2D eigenvalue weighted by molar-refractivity contribution is -0.108. The first-order valence-electron chi connectivity index (χ1n) is 8.79. The van der Waals surface area contributed by atoms with Crippen LogP contribution in [0.4, 0.5) is 0 Å². The molecule has 2 heterocycles. The predicted molar refractivity (Wildman–Crippen MR) is 104 cm³/mol. The minimum absolute atomic E-state index is 0.0433. The zero-order chi connectivity index (χ0) is 17.9. The maximum absolute atomic E-state index is 12.1. The first-order valence-corrected chi connectivity index (χ1v) is 9.59. The van der Waals surface area contributed by atoms with Gasteiger partial charge in [-0.05, 0) is 23.8 Å². The topological polar surface area (TPSA) is 47.6 Å². The van der Waals surface area contributed by atoms with Crippen molar-refractivity contribution in [3.8, 4) is 5.75 Å². The summed E-state index contributed by atoms with van der Waals surface area (Å²) < 4.78 is 13.1. The highest BCUT2D eigenvalue weighted by Crippen LogP contribution is 2.45. The Labute approximate surface area is 161 Å². The van der Waals surface area contributed by atoms with E-state index in [-0.39, 0.29) is 12.0 Å². The molecule has 2 aromatic carbocycles. The molecule has 2 aliphatic rings. The summed E-state index contributed by atoms with van der Waals surface area (Å²) in [6.07, 6.45) is 1.69. The van der Waals surface area contributed by atoms with E-state index in [1.165, 1.54) is 0 Å². The lowest BCUT2D eigenvalue weighted by atomic mass is 9.83. The standard InChI is InChI=1S/C21H20BrNO3/c22-15-6-7-19-17(10-15)18(13-24)21(14-4-2-1-3-5-14)20(26-19)11-16-12-23-8-9-25-16/h1-7,10,13,16,18,23H,8-9,11-12H2. The van der Waals surface area contributed by atoms with Crippen LogP contribution in [0.2, 0.25) is 0 Å². The third-order valence-electron chi connectivity index (χ3n) is 4.79. The van der Waals surface area contributed by atoms with Crippen LogP contribution in [0.3, 0.4) is 0 Å². The first kappa shape index (κ1) is 17.5. The Balaban J connectivity index is 1.80. The van der Waals surface area contributed by atoms with Gasteiger partial charge in [0.2, 0.25) is 0 Å². The van der Waals surface area contributed by atoms with Gasteiger partial charge in [0.25, 0.3) is 0 Å². The number of rotatable bonds is 4. The summed E-state index contributed by atoms with van der Waals surface area (Å²) >= 11 is 3.50. The highest BCUT2D eigenvalue weighted by Gasteiger charge is 2.32. The van der Waals surface area contributed by atoms with Crippen LogP contribution in [0.5, 0.6) is 5.75 Å². The van der Waals surface area contributed by atoms with E-state index in [0.717, 1.165) is 52.1 Å². The third kappa shape index (κ3) is 3.47. The molecular weight excluding hydrogens is 394 g/mol. The van der Waals surface area contributed by atoms with Crippen LogP contribution < -0.4 is 10.1 Å². The Bertz CT molecular complexity index is 828. The molecule has 26 heavy (non-hydrogen) atoms. The van der Waals surface area contributed by atoms with Crippen LogP contribution in [0.25, 0.3) is 5.57 Å².